The van der Waals surface area contributed by atoms with Crippen molar-refractivity contribution in [2.24, 2.45) is 5.92 Å². The Morgan fingerprint density at radius 3 is 2.47 bits per heavy atom. The lowest BCUT2D eigenvalue weighted by Crippen LogP contribution is -2.27. The Morgan fingerprint density at radius 1 is 1.33 bits per heavy atom. The average Bonchev–Trinajstić information content (AvgIpc) is 2.27. The molecule has 2 heteroatoms. The summed E-state index contributed by atoms with van der Waals surface area (Å²) < 4.78 is 0. The first-order valence-electron chi connectivity index (χ1n) is 5.58. The van der Waals surface area contributed by atoms with Gasteiger partial charge in [0.25, 0.3) is 0 Å². The average molecular weight is 207 g/mol. The molecule has 2 atom stereocenters. The fourth-order valence-electron chi connectivity index (χ4n) is 2.05. The van der Waals surface area contributed by atoms with Crippen molar-refractivity contribution >= 4 is 0 Å². The number of hydrogen-bond donors (Lipinski definition) is 2. The van der Waals surface area contributed by atoms with Gasteiger partial charge in [0.05, 0.1) is 0 Å². The fraction of sp³-hybridized carbons (Fsp3) is 0.538. The molecule has 1 aromatic rings. The van der Waals surface area contributed by atoms with Gasteiger partial charge in [-0.25, -0.2) is 0 Å². The van der Waals surface area contributed by atoms with Crippen molar-refractivity contribution in [1.29, 1.82) is 0 Å². The van der Waals surface area contributed by atoms with Gasteiger partial charge in [0, 0.05) is 18.6 Å². The van der Waals surface area contributed by atoms with E-state index >= 15 is 0 Å². The normalized spacial score (nSPS) is 14.9. The molecule has 0 aliphatic heterocycles. The summed E-state index contributed by atoms with van der Waals surface area (Å²) in [4.78, 5) is 0. The van der Waals surface area contributed by atoms with Gasteiger partial charge in [-0.2, -0.15) is 0 Å². The van der Waals surface area contributed by atoms with Crippen LogP contribution in [0.5, 0.6) is 0 Å². The number of benzene rings is 1. The molecule has 1 aromatic carbocycles. The van der Waals surface area contributed by atoms with Crippen molar-refractivity contribution in [2.45, 2.75) is 26.3 Å². The zero-order valence-electron chi connectivity index (χ0n) is 9.83. The second-order valence-corrected chi connectivity index (χ2v) is 3.97. The Balaban J connectivity index is 2.96. The van der Waals surface area contributed by atoms with E-state index in [1.54, 1.807) is 0 Å². The molecule has 0 amide bonds. The van der Waals surface area contributed by atoms with Crippen molar-refractivity contribution in [3.63, 3.8) is 0 Å². The highest BCUT2D eigenvalue weighted by atomic mass is 16.3. The summed E-state index contributed by atoms with van der Waals surface area (Å²) in [5, 5.41) is 12.6. The molecule has 0 bridgehead atoms. The first-order chi connectivity index (χ1) is 7.24. The number of aliphatic hydroxyl groups is 1. The van der Waals surface area contributed by atoms with Crippen molar-refractivity contribution < 1.29 is 5.11 Å². The smallest absolute Gasteiger partial charge is 0.0477 e. The minimum Gasteiger partial charge on any atom is -0.396 e. The van der Waals surface area contributed by atoms with E-state index < -0.39 is 0 Å². The first-order valence-corrected chi connectivity index (χ1v) is 5.58. The molecule has 0 aromatic heterocycles. The third-order valence-corrected chi connectivity index (χ3v) is 3.06. The van der Waals surface area contributed by atoms with Crippen LogP contribution in [-0.2, 0) is 0 Å². The predicted octanol–water partition coefficient (Wildman–Crippen LogP) is 2.27. The van der Waals surface area contributed by atoms with Crippen LogP contribution in [0, 0.1) is 12.8 Å². The largest absolute Gasteiger partial charge is 0.396 e. The SMILES string of the molecule is CCC(CO)C(NC)c1ccccc1C. The number of rotatable bonds is 5. The highest BCUT2D eigenvalue weighted by molar-refractivity contribution is 5.29. The first kappa shape index (κ1) is 12.2. The molecule has 0 aliphatic rings. The lowest BCUT2D eigenvalue weighted by Gasteiger charge is -2.26. The van der Waals surface area contributed by atoms with Gasteiger partial charge in [0.1, 0.15) is 0 Å². The highest BCUT2D eigenvalue weighted by Crippen LogP contribution is 2.26. The van der Waals surface area contributed by atoms with Crippen LogP contribution in [-0.4, -0.2) is 18.8 Å². The molecule has 1 rings (SSSR count). The zero-order valence-corrected chi connectivity index (χ0v) is 9.83. The molecule has 0 aliphatic carbocycles. The van der Waals surface area contributed by atoms with Crippen LogP contribution in [0.25, 0.3) is 0 Å². The summed E-state index contributed by atoms with van der Waals surface area (Å²) in [7, 11) is 1.95. The van der Waals surface area contributed by atoms with Gasteiger partial charge < -0.3 is 10.4 Å². The van der Waals surface area contributed by atoms with Crippen LogP contribution in [0.4, 0.5) is 0 Å². The summed E-state index contributed by atoms with van der Waals surface area (Å²) in [6.45, 7) is 4.46. The minimum atomic E-state index is 0.232. The summed E-state index contributed by atoms with van der Waals surface area (Å²) in [5.74, 6) is 0.288. The molecule has 0 spiro atoms. The number of aliphatic hydroxyl groups excluding tert-OH is 1. The van der Waals surface area contributed by atoms with Crippen LogP contribution < -0.4 is 5.32 Å². The molecular weight excluding hydrogens is 186 g/mol. The van der Waals surface area contributed by atoms with Gasteiger partial charge in [0.15, 0.2) is 0 Å². The van der Waals surface area contributed by atoms with Crippen LogP contribution in [0.3, 0.4) is 0 Å². The van der Waals surface area contributed by atoms with E-state index in [1.165, 1.54) is 11.1 Å². The van der Waals surface area contributed by atoms with Crippen LogP contribution in [0.2, 0.25) is 0 Å². The van der Waals surface area contributed by atoms with Gasteiger partial charge in [-0.1, -0.05) is 31.2 Å². The van der Waals surface area contributed by atoms with E-state index in [0.29, 0.717) is 0 Å². The Labute approximate surface area is 92.3 Å². The van der Waals surface area contributed by atoms with Crippen molar-refractivity contribution in [1.82, 2.24) is 5.32 Å². The second kappa shape index (κ2) is 5.89. The van der Waals surface area contributed by atoms with Crippen LogP contribution in [0.1, 0.15) is 30.5 Å². The molecular formula is C13H21NO. The Bertz CT molecular complexity index is 294. The van der Waals surface area contributed by atoms with E-state index in [4.69, 9.17) is 0 Å². The minimum absolute atomic E-state index is 0.232. The van der Waals surface area contributed by atoms with E-state index in [2.05, 4.69) is 37.4 Å². The molecule has 84 valence electrons. The maximum atomic E-state index is 9.34. The number of hydrogen-bond acceptors (Lipinski definition) is 2. The fourth-order valence-corrected chi connectivity index (χ4v) is 2.05. The summed E-state index contributed by atoms with van der Waals surface area (Å²) in [6.07, 6.45) is 0.982. The van der Waals surface area contributed by atoms with Crippen molar-refractivity contribution in [3.8, 4) is 0 Å². The monoisotopic (exact) mass is 207 g/mol. The molecule has 2 unspecified atom stereocenters. The maximum absolute atomic E-state index is 9.34. The van der Waals surface area contributed by atoms with Crippen molar-refractivity contribution in [2.75, 3.05) is 13.7 Å². The molecule has 2 N–H and O–H groups in total. The molecule has 0 heterocycles. The number of nitrogens with one attached hydrogen (secondary N) is 1. The van der Waals surface area contributed by atoms with Gasteiger partial charge in [-0.15, -0.1) is 0 Å². The second-order valence-electron chi connectivity index (χ2n) is 3.97. The van der Waals surface area contributed by atoms with E-state index in [9.17, 15) is 5.11 Å². The standard InChI is InChI=1S/C13H21NO/c1-4-11(9-15)13(14-3)12-8-6-5-7-10(12)2/h5-8,11,13-15H,4,9H2,1-3H3. The topological polar surface area (TPSA) is 32.3 Å². The lowest BCUT2D eigenvalue weighted by atomic mass is 9.89. The Kier molecular flexibility index (Phi) is 4.79. The summed E-state index contributed by atoms with van der Waals surface area (Å²) in [5.41, 5.74) is 2.57. The molecule has 15 heavy (non-hydrogen) atoms. The molecule has 0 fully saturated rings. The van der Waals surface area contributed by atoms with Crippen LogP contribution >= 0.6 is 0 Å². The van der Waals surface area contributed by atoms with Gasteiger partial charge in [-0.05, 0) is 31.5 Å². The maximum Gasteiger partial charge on any atom is 0.0477 e. The van der Waals surface area contributed by atoms with Gasteiger partial charge in [-0.3, -0.25) is 0 Å². The third kappa shape index (κ3) is 2.80. The molecule has 2 nitrogen and oxygen atoms in total. The number of aryl methyl sites for hydroxylation is 1. The highest BCUT2D eigenvalue weighted by Gasteiger charge is 2.20. The summed E-state index contributed by atoms with van der Waals surface area (Å²) >= 11 is 0. The lowest BCUT2D eigenvalue weighted by molar-refractivity contribution is 0.189. The third-order valence-electron chi connectivity index (χ3n) is 3.06. The van der Waals surface area contributed by atoms with Gasteiger partial charge in [0.2, 0.25) is 0 Å². The molecule has 0 radical (unpaired) electrons. The van der Waals surface area contributed by atoms with E-state index in [-0.39, 0.29) is 18.6 Å². The Morgan fingerprint density at radius 2 is 2.00 bits per heavy atom. The Hall–Kier alpha value is -0.860. The predicted molar refractivity (Wildman–Crippen MR) is 63.8 cm³/mol. The van der Waals surface area contributed by atoms with Gasteiger partial charge >= 0.3 is 0 Å². The van der Waals surface area contributed by atoms with E-state index in [1.807, 2.05) is 13.1 Å². The summed E-state index contributed by atoms with van der Waals surface area (Å²) in [6, 6.07) is 8.60. The quantitative estimate of drug-likeness (QED) is 0.776. The van der Waals surface area contributed by atoms with Crippen LogP contribution in [0.15, 0.2) is 24.3 Å². The van der Waals surface area contributed by atoms with E-state index in [0.717, 1.165) is 6.42 Å². The molecule has 0 saturated carbocycles. The van der Waals surface area contributed by atoms with Crippen molar-refractivity contribution in [3.05, 3.63) is 35.4 Å². The molecule has 0 saturated heterocycles. The zero-order chi connectivity index (χ0) is 11.3.